The first-order valence-electron chi connectivity index (χ1n) is 12.2. The fraction of sp³-hybridized carbons (Fsp3) is 0.500. The molecule has 178 valence electrons. The molecule has 1 aliphatic carbocycles. The number of nitrogens with two attached hydrogens (primary N) is 2. The summed E-state index contributed by atoms with van der Waals surface area (Å²) < 4.78 is 0. The van der Waals surface area contributed by atoms with E-state index in [0.29, 0.717) is 24.7 Å². The molecule has 5 atom stereocenters. The minimum atomic E-state index is -0.672. The molecule has 0 aromatic heterocycles. The minimum absolute atomic E-state index is 0.187. The molecule has 5 nitrogen and oxygen atoms in total. The van der Waals surface area contributed by atoms with E-state index in [4.69, 9.17) is 11.5 Å². The maximum atomic E-state index is 13.2. The van der Waals surface area contributed by atoms with E-state index in [1.807, 2.05) is 60.7 Å². The Morgan fingerprint density at radius 2 is 1.64 bits per heavy atom. The molecular weight excluding hydrogens is 410 g/mol. The zero-order valence-electron chi connectivity index (χ0n) is 20.2. The molecule has 1 aliphatic rings. The maximum Gasteiger partial charge on any atom is 0.237 e. The van der Waals surface area contributed by atoms with Crippen molar-refractivity contribution in [2.24, 2.45) is 34.6 Å². The molecule has 1 saturated carbocycles. The average molecular weight is 450 g/mol. The molecule has 5 N–H and O–H groups in total. The molecule has 0 aliphatic heterocycles. The lowest BCUT2D eigenvalue weighted by atomic mass is 9.57. The van der Waals surface area contributed by atoms with Gasteiger partial charge in [0, 0.05) is 0 Å². The fourth-order valence-electron chi connectivity index (χ4n) is 5.75. The molecule has 0 heterocycles. The van der Waals surface area contributed by atoms with Crippen LogP contribution in [0.2, 0.25) is 0 Å². The molecule has 33 heavy (non-hydrogen) atoms. The number of carbonyl (C=O) groups is 2. The van der Waals surface area contributed by atoms with Crippen molar-refractivity contribution in [3.63, 3.8) is 0 Å². The Labute approximate surface area is 198 Å². The third kappa shape index (κ3) is 6.02. The number of carbonyl (C=O) groups excluding carboxylic acids is 2. The van der Waals surface area contributed by atoms with Gasteiger partial charge in [-0.05, 0) is 54.6 Å². The molecule has 0 bridgehead atoms. The summed E-state index contributed by atoms with van der Waals surface area (Å²) in [6.07, 6.45) is 3.78. The molecule has 2 aromatic carbocycles. The second kappa shape index (κ2) is 11.0. The van der Waals surface area contributed by atoms with Crippen LogP contribution in [0.15, 0.2) is 60.7 Å². The molecule has 0 spiro atoms. The van der Waals surface area contributed by atoms with Crippen molar-refractivity contribution < 1.29 is 9.59 Å². The van der Waals surface area contributed by atoms with Crippen LogP contribution >= 0.6 is 0 Å². The van der Waals surface area contributed by atoms with Crippen molar-refractivity contribution >= 4 is 11.8 Å². The fourth-order valence-corrected chi connectivity index (χ4v) is 5.75. The van der Waals surface area contributed by atoms with Gasteiger partial charge in [-0.3, -0.25) is 9.59 Å². The van der Waals surface area contributed by atoms with E-state index in [0.717, 1.165) is 30.4 Å². The summed E-state index contributed by atoms with van der Waals surface area (Å²) in [4.78, 5) is 26.2. The van der Waals surface area contributed by atoms with Crippen LogP contribution in [0, 0.1) is 23.2 Å². The van der Waals surface area contributed by atoms with Crippen molar-refractivity contribution in [3.8, 4) is 0 Å². The van der Waals surface area contributed by atoms with Gasteiger partial charge in [-0.2, -0.15) is 0 Å². The lowest BCUT2D eigenvalue weighted by Crippen LogP contribution is -2.52. The van der Waals surface area contributed by atoms with Crippen LogP contribution in [0.5, 0.6) is 0 Å². The van der Waals surface area contributed by atoms with Crippen LogP contribution in [0.4, 0.5) is 0 Å². The highest BCUT2D eigenvalue weighted by atomic mass is 16.2. The van der Waals surface area contributed by atoms with Gasteiger partial charge in [0.05, 0.1) is 17.5 Å². The summed E-state index contributed by atoms with van der Waals surface area (Å²) in [5, 5.41) is 3.18. The third-order valence-electron chi connectivity index (χ3n) is 7.41. The van der Waals surface area contributed by atoms with Crippen molar-refractivity contribution in [2.45, 2.75) is 65.0 Å². The summed E-state index contributed by atoms with van der Waals surface area (Å²) in [5.41, 5.74) is 13.8. The Morgan fingerprint density at radius 1 is 1.03 bits per heavy atom. The molecule has 2 amide bonds. The molecule has 1 fully saturated rings. The van der Waals surface area contributed by atoms with E-state index in [2.05, 4.69) is 26.1 Å². The van der Waals surface area contributed by atoms with Gasteiger partial charge in [0.2, 0.25) is 11.8 Å². The summed E-state index contributed by atoms with van der Waals surface area (Å²) in [5.74, 6) is 0.471. The highest BCUT2D eigenvalue weighted by molar-refractivity contribution is 5.83. The van der Waals surface area contributed by atoms with Crippen molar-refractivity contribution in [1.82, 2.24) is 5.32 Å². The zero-order chi connectivity index (χ0) is 24.0. The smallest absolute Gasteiger partial charge is 0.237 e. The normalized spacial score (nSPS) is 24.8. The Balaban J connectivity index is 1.88. The number of rotatable bonds is 9. The summed E-state index contributed by atoms with van der Waals surface area (Å²) in [6, 6.07) is 18.6. The molecule has 3 rings (SSSR count). The number of hydrogen-bond donors (Lipinski definition) is 3. The molecule has 0 saturated heterocycles. The second-order valence-electron chi connectivity index (χ2n) is 10.2. The van der Waals surface area contributed by atoms with Gasteiger partial charge < -0.3 is 16.8 Å². The van der Waals surface area contributed by atoms with E-state index < -0.39 is 11.5 Å². The molecule has 2 aromatic rings. The van der Waals surface area contributed by atoms with Crippen molar-refractivity contribution in [2.75, 3.05) is 0 Å². The number of benzene rings is 2. The molecule has 3 unspecified atom stereocenters. The quantitative estimate of drug-likeness (QED) is 0.530. The lowest BCUT2D eigenvalue weighted by Gasteiger charge is -2.48. The monoisotopic (exact) mass is 449 g/mol. The van der Waals surface area contributed by atoms with Crippen LogP contribution in [0.3, 0.4) is 0 Å². The van der Waals surface area contributed by atoms with Crippen LogP contribution < -0.4 is 16.8 Å². The van der Waals surface area contributed by atoms with E-state index >= 15 is 0 Å². The topological polar surface area (TPSA) is 98.2 Å². The Kier molecular flexibility index (Phi) is 8.30. The number of hydrogen-bond acceptors (Lipinski definition) is 3. The highest BCUT2D eigenvalue weighted by Gasteiger charge is 2.50. The van der Waals surface area contributed by atoms with Gasteiger partial charge in [0.15, 0.2) is 0 Å². The number of nitrogens with one attached hydrogen (secondary N) is 1. The SMILES string of the molecule is CC1CCC(C(C)C)C(C[C@H](NC(=O)[C@@H](N)Cc2ccccc2)c2ccccc2)(C(N)=O)C1. The number of primary amides is 1. The van der Waals surface area contributed by atoms with Crippen LogP contribution in [0.25, 0.3) is 0 Å². The van der Waals surface area contributed by atoms with E-state index in [9.17, 15) is 9.59 Å². The van der Waals surface area contributed by atoms with Gasteiger partial charge in [-0.1, -0.05) is 87.9 Å². The first kappa shape index (κ1) is 25.0. The Morgan fingerprint density at radius 3 is 2.21 bits per heavy atom. The Bertz CT molecular complexity index is 915. The Hall–Kier alpha value is -2.66. The van der Waals surface area contributed by atoms with Crippen LogP contribution in [-0.4, -0.2) is 17.9 Å². The van der Waals surface area contributed by atoms with Gasteiger partial charge in [-0.15, -0.1) is 0 Å². The van der Waals surface area contributed by atoms with Crippen LogP contribution in [-0.2, 0) is 16.0 Å². The summed E-state index contributed by atoms with van der Waals surface area (Å²) in [6.45, 7) is 6.54. The maximum absolute atomic E-state index is 13.2. The van der Waals surface area contributed by atoms with Gasteiger partial charge in [-0.25, -0.2) is 0 Å². The molecule has 5 heteroatoms. The standard InChI is InChI=1S/C28H39N3O2/c1-19(2)23-15-14-20(3)17-28(23,27(30)33)18-25(22-12-8-5-9-13-22)31-26(32)24(29)16-21-10-6-4-7-11-21/h4-13,19-20,23-25H,14-18,29H2,1-3H3,(H2,30,33)(H,31,32)/t20?,23?,24-,25-,28?/m0/s1. The number of amides is 2. The van der Waals surface area contributed by atoms with Crippen molar-refractivity contribution in [1.29, 1.82) is 0 Å². The second-order valence-corrected chi connectivity index (χ2v) is 10.2. The predicted molar refractivity (Wildman–Crippen MR) is 133 cm³/mol. The minimum Gasteiger partial charge on any atom is -0.369 e. The molecular formula is C28H39N3O2. The van der Waals surface area contributed by atoms with Gasteiger partial charge in [0.1, 0.15) is 0 Å². The van der Waals surface area contributed by atoms with Gasteiger partial charge >= 0.3 is 0 Å². The summed E-state index contributed by atoms with van der Waals surface area (Å²) in [7, 11) is 0. The van der Waals surface area contributed by atoms with Gasteiger partial charge in [0.25, 0.3) is 0 Å². The highest BCUT2D eigenvalue weighted by Crippen LogP contribution is 2.51. The van der Waals surface area contributed by atoms with E-state index in [-0.39, 0.29) is 23.8 Å². The van der Waals surface area contributed by atoms with E-state index in [1.54, 1.807) is 0 Å². The van der Waals surface area contributed by atoms with Crippen LogP contribution in [0.1, 0.15) is 63.6 Å². The lowest BCUT2D eigenvalue weighted by molar-refractivity contribution is -0.138. The average Bonchev–Trinajstić information content (AvgIpc) is 2.79. The first-order valence-corrected chi connectivity index (χ1v) is 12.2. The third-order valence-corrected chi connectivity index (χ3v) is 7.41. The predicted octanol–water partition coefficient (Wildman–Crippen LogP) is 4.37. The molecule has 0 radical (unpaired) electrons. The van der Waals surface area contributed by atoms with Crippen molar-refractivity contribution in [3.05, 3.63) is 71.8 Å². The zero-order valence-corrected chi connectivity index (χ0v) is 20.2. The summed E-state index contributed by atoms with van der Waals surface area (Å²) >= 11 is 0. The largest absolute Gasteiger partial charge is 0.369 e. The first-order chi connectivity index (χ1) is 15.7. The van der Waals surface area contributed by atoms with E-state index in [1.165, 1.54) is 0 Å².